The molecule has 0 aliphatic heterocycles. The molecule has 0 heterocycles. The second kappa shape index (κ2) is 5.32. The molecule has 2 aromatic rings. The van der Waals surface area contributed by atoms with E-state index in [-0.39, 0.29) is 0 Å². The van der Waals surface area contributed by atoms with Crippen molar-refractivity contribution in [2.75, 3.05) is 0 Å². The molecule has 0 heteroatoms. The Labute approximate surface area is 98.7 Å². The van der Waals surface area contributed by atoms with Gasteiger partial charge in [-0.25, -0.2) is 0 Å². The van der Waals surface area contributed by atoms with Gasteiger partial charge >= 0.3 is 0 Å². The van der Waals surface area contributed by atoms with Crippen LogP contribution in [0.1, 0.15) is 25.8 Å². The highest BCUT2D eigenvalue weighted by Crippen LogP contribution is 2.20. The Bertz CT molecular complexity index is 498. The predicted octanol–water partition coefficient (Wildman–Crippen LogP) is 4.64. The quantitative estimate of drug-likeness (QED) is 0.646. The van der Waals surface area contributed by atoms with Gasteiger partial charge in [0, 0.05) is 0 Å². The molecule has 0 aromatic heterocycles. The lowest BCUT2D eigenvalue weighted by molar-refractivity contribution is 1.25. The molecule has 0 N–H and O–H groups in total. The zero-order chi connectivity index (χ0) is 12.1. The number of benzene rings is 2. The Morgan fingerprint density at radius 1 is 1.00 bits per heavy atom. The molecule has 0 spiro atoms. The third-order valence-electron chi connectivity index (χ3n) is 2.54. The predicted molar refractivity (Wildman–Crippen MR) is 71.0 cm³/mol. The summed E-state index contributed by atoms with van der Waals surface area (Å²) in [4.78, 5) is 0. The van der Waals surface area contributed by atoms with Crippen LogP contribution in [0.3, 0.4) is 0 Å². The molecule has 0 nitrogen and oxygen atoms in total. The molecule has 0 aliphatic carbocycles. The molecular formula is C16H16. The number of hydrogen-bond acceptors (Lipinski definition) is 0. The van der Waals surface area contributed by atoms with Gasteiger partial charge in [0.2, 0.25) is 0 Å². The van der Waals surface area contributed by atoms with Crippen LogP contribution in [-0.4, -0.2) is 0 Å². The van der Waals surface area contributed by atoms with Crippen LogP contribution >= 0.6 is 0 Å². The Balaban J connectivity index is 2.48. The van der Waals surface area contributed by atoms with Crippen molar-refractivity contribution in [1.82, 2.24) is 0 Å². The molecule has 2 rings (SSSR count). The highest BCUT2D eigenvalue weighted by Gasteiger charge is 1.97. The van der Waals surface area contributed by atoms with Crippen molar-refractivity contribution in [3.63, 3.8) is 0 Å². The van der Waals surface area contributed by atoms with E-state index in [1.165, 1.54) is 0 Å². The summed E-state index contributed by atoms with van der Waals surface area (Å²) in [5.41, 5.74) is 3.22. The fourth-order valence-electron chi connectivity index (χ4n) is 1.70. The van der Waals surface area contributed by atoms with Crippen molar-refractivity contribution in [2.24, 2.45) is 0 Å². The van der Waals surface area contributed by atoms with Crippen LogP contribution < -0.4 is 0 Å². The molecule has 0 bridgehead atoms. The first-order chi connectivity index (χ1) is 8.33. The van der Waals surface area contributed by atoms with E-state index in [0.717, 1.165) is 23.1 Å². The number of rotatable bonds is 3. The van der Waals surface area contributed by atoms with E-state index in [1.54, 1.807) is 0 Å². The topological polar surface area (TPSA) is 0 Å². The van der Waals surface area contributed by atoms with Crippen molar-refractivity contribution in [3.05, 3.63) is 71.8 Å². The van der Waals surface area contributed by atoms with Gasteiger partial charge in [-0.05, 0) is 23.1 Å². The van der Waals surface area contributed by atoms with Crippen molar-refractivity contribution in [2.45, 2.75) is 13.3 Å². The van der Waals surface area contributed by atoms with Crippen LogP contribution in [0.4, 0.5) is 0 Å². The summed E-state index contributed by atoms with van der Waals surface area (Å²) in [5.74, 6) is 0. The summed E-state index contributed by atoms with van der Waals surface area (Å²) in [6, 6.07) is 20.7. The average molecular weight is 209 g/mol. The van der Waals surface area contributed by atoms with E-state index in [2.05, 4.69) is 19.1 Å². The molecule has 0 radical (unpaired) electrons. The SMILES string of the molecule is [2H]/C(=C(\CC)c1ccccc1)c1ccccc1. The van der Waals surface area contributed by atoms with E-state index in [0.29, 0.717) is 6.05 Å². The summed E-state index contributed by atoms with van der Waals surface area (Å²) < 4.78 is 8.29. The Morgan fingerprint density at radius 2 is 1.56 bits per heavy atom. The Morgan fingerprint density at radius 3 is 2.12 bits per heavy atom. The highest BCUT2D eigenvalue weighted by atomic mass is 14.0. The first-order valence-corrected chi connectivity index (χ1v) is 5.63. The minimum absolute atomic E-state index is 0.624. The van der Waals surface area contributed by atoms with Crippen LogP contribution in [-0.2, 0) is 0 Å². The molecule has 0 amide bonds. The first kappa shape index (κ1) is 9.41. The van der Waals surface area contributed by atoms with Crippen molar-refractivity contribution in [1.29, 1.82) is 0 Å². The fourth-order valence-corrected chi connectivity index (χ4v) is 1.70. The van der Waals surface area contributed by atoms with Crippen molar-refractivity contribution in [3.8, 4) is 0 Å². The number of allylic oxidation sites excluding steroid dienone is 1. The van der Waals surface area contributed by atoms with Crippen molar-refractivity contribution < 1.29 is 1.37 Å². The summed E-state index contributed by atoms with van der Waals surface area (Å²) >= 11 is 0. The van der Waals surface area contributed by atoms with Gasteiger partial charge in [-0.3, -0.25) is 0 Å². The van der Waals surface area contributed by atoms with Gasteiger partial charge in [0.1, 0.15) is 0 Å². The summed E-state index contributed by atoms with van der Waals surface area (Å²) in [6.45, 7) is 2.10. The van der Waals surface area contributed by atoms with Gasteiger partial charge in [0.25, 0.3) is 0 Å². The lowest BCUT2D eigenvalue weighted by Gasteiger charge is -2.04. The third-order valence-corrected chi connectivity index (χ3v) is 2.54. The fraction of sp³-hybridized carbons (Fsp3) is 0.125. The van der Waals surface area contributed by atoms with Gasteiger partial charge in [-0.2, -0.15) is 0 Å². The van der Waals surface area contributed by atoms with E-state index in [1.807, 2.05) is 48.5 Å². The second-order valence-corrected chi connectivity index (χ2v) is 3.69. The van der Waals surface area contributed by atoms with Gasteiger partial charge in [0.15, 0.2) is 0 Å². The van der Waals surface area contributed by atoms with Crippen LogP contribution in [0.5, 0.6) is 0 Å². The molecule has 0 atom stereocenters. The van der Waals surface area contributed by atoms with Gasteiger partial charge in [-0.1, -0.05) is 73.6 Å². The maximum absolute atomic E-state index is 8.29. The van der Waals surface area contributed by atoms with Crippen LogP contribution in [0, 0.1) is 0 Å². The zero-order valence-corrected chi connectivity index (χ0v) is 9.48. The van der Waals surface area contributed by atoms with Crippen LogP contribution in [0.25, 0.3) is 11.6 Å². The average Bonchev–Trinajstić information content (AvgIpc) is 2.42. The molecule has 0 saturated carbocycles. The lowest BCUT2D eigenvalue weighted by Crippen LogP contribution is -1.82. The Kier molecular flexibility index (Phi) is 3.13. The Hall–Kier alpha value is -1.82. The van der Waals surface area contributed by atoms with E-state index in [4.69, 9.17) is 1.37 Å². The van der Waals surface area contributed by atoms with E-state index >= 15 is 0 Å². The molecule has 0 unspecified atom stereocenters. The monoisotopic (exact) mass is 209 g/mol. The summed E-state index contributed by atoms with van der Waals surface area (Å²) in [7, 11) is 0. The maximum Gasteiger partial charge on any atom is 0.0632 e. The van der Waals surface area contributed by atoms with E-state index in [9.17, 15) is 0 Å². The molecule has 16 heavy (non-hydrogen) atoms. The van der Waals surface area contributed by atoms with Crippen LogP contribution in [0.2, 0.25) is 0 Å². The minimum Gasteiger partial charge on any atom is -0.0622 e. The largest absolute Gasteiger partial charge is 0.0632 e. The standard InChI is InChI=1S/C16H16/c1-2-15(16-11-7-4-8-12-16)13-14-9-5-3-6-10-14/h3-13H,2H2,1H3/b15-13-/i13D. The maximum atomic E-state index is 8.29. The lowest BCUT2D eigenvalue weighted by atomic mass is 10.0. The first-order valence-electron chi connectivity index (χ1n) is 6.13. The molecule has 2 aromatic carbocycles. The smallest absolute Gasteiger partial charge is 0.0622 e. The molecular weight excluding hydrogens is 192 g/mol. The normalized spacial score (nSPS) is 12.9. The van der Waals surface area contributed by atoms with Gasteiger partial charge in [0.05, 0.1) is 1.37 Å². The van der Waals surface area contributed by atoms with E-state index < -0.39 is 0 Å². The zero-order valence-electron chi connectivity index (χ0n) is 10.5. The molecule has 0 saturated heterocycles. The summed E-state index contributed by atoms with van der Waals surface area (Å²) in [5, 5.41) is 0. The van der Waals surface area contributed by atoms with Crippen LogP contribution in [0.15, 0.2) is 60.7 Å². The van der Waals surface area contributed by atoms with Crippen molar-refractivity contribution >= 4 is 11.6 Å². The van der Waals surface area contributed by atoms with Gasteiger partial charge in [-0.15, -0.1) is 0 Å². The number of hydrogen-bond donors (Lipinski definition) is 0. The van der Waals surface area contributed by atoms with Gasteiger partial charge < -0.3 is 0 Å². The summed E-state index contributed by atoms with van der Waals surface area (Å²) in [6.07, 6.45) is 0.873. The molecule has 0 fully saturated rings. The highest BCUT2D eigenvalue weighted by molar-refractivity contribution is 5.81. The molecule has 80 valence electrons. The third kappa shape index (κ3) is 2.60. The molecule has 0 aliphatic rings. The second-order valence-electron chi connectivity index (χ2n) is 3.69. The minimum atomic E-state index is 0.624.